The minimum atomic E-state index is -4.91. The monoisotopic (exact) mass is 473 g/mol. The van der Waals surface area contributed by atoms with Crippen molar-refractivity contribution in [1.82, 2.24) is 4.72 Å². The molecule has 1 aliphatic carbocycles. The molecule has 0 heterocycles. The van der Waals surface area contributed by atoms with Crippen molar-refractivity contribution in [3.8, 4) is 5.75 Å². The average Bonchev–Trinajstić information content (AvgIpc) is 2.78. The van der Waals surface area contributed by atoms with Gasteiger partial charge in [-0.1, -0.05) is 54.6 Å². The van der Waals surface area contributed by atoms with Gasteiger partial charge in [0.25, 0.3) is 10.0 Å². The van der Waals surface area contributed by atoms with E-state index in [-0.39, 0.29) is 27.2 Å². The molecule has 0 atom stereocenters. The molecule has 33 heavy (non-hydrogen) atoms. The summed E-state index contributed by atoms with van der Waals surface area (Å²) in [5.74, 6) is -1.93. The Labute approximate surface area is 186 Å². The number of allylic oxidation sites excluding steroid dienone is 2. The topological polar surface area (TPSA) is 89.5 Å². The largest absolute Gasteiger partial charge is 0.573 e. The number of ether oxygens (including phenoxy) is 1. The van der Waals surface area contributed by atoms with Crippen LogP contribution in [0.1, 0.15) is 26.3 Å². The number of hydrogen-bond donors (Lipinski definition) is 1. The Morgan fingerprint density at radius 2 is 1.27 bits per heavy atom. The maximum Gasteiger partial charge on any atom is 0.573 e. The summed E-state index contributed by atoms with van der Waals surface area (Å²) in [6, 6.07) is 17.3. The summed E-state index contributed by atoms with van der Waals surface area (Å²) in [6.07, 6.45) is -4.91. The first-order valence-electron chi connectivity index (χ1n) is 9.43. The van der Waals surface area contributed by atoms with Gasteiger partial charge in [-0.25, -0.2) is 8.42 Å². The van der Waals surface area contributed by atoms with E-state index in [9.17, 15) is 31.2 Å². The van der Waals surface area contributed by atoms with Gasteiger partial charge in [0.15, 0.2) is 5.78 Å². The van der Waals surface area contributed by atoms with Crippen LogP contribution in [0.4, 0.5) is 13.2 Å². The molecule has 0 spiro atoms. The van der Waals surface area contributed by atoms with E-state index in [1.54, 1.807) is 12.1 Å². The Bertz CT molecular complexity index is 1380. The fourth-order valence-corrected chi connectivity index (χ4v) is 4.46. The van der Waals surface area contributed by atoms with E-state index < -0.39 is 39.4 Å². The Kier molecular flexibility index (Phi) is 5.54. The minimum absolute atomic E-state index is 0.00837. The van der Waals surface area contributed by atoms with Crippen LogP contribution in [-0.4, -0.2) is 26.3 Å². The van der Waals surface area contributed by atoms with Gasteiger partial charge in [0.1, 0.15) is 11.4 Å². The van der Waals surface area contributed by atoms with Crippen LogP contribution in [0, 0.1) is 0 Å². The number of hydrogen-bond acceptors (Lipinski definition) is 5. The molecule has 3 aromatic carbocycles. The number of ketones is 2. The Balaban J connectivity index is 1.85. The fraction of sp³-hybridized carbons (Fsp3) is 0.0435. The second-order valence-electron chi connectivity index (χ2n) is 6.94. The van der Waals surface area contributed by atoms with Gasteiger partial charge in [-0.3, -0.25) is 14.3 Å². The molecule has 0 saturated heterocycles. The molecule has 0 unspecified atom stereocenters. The van der Waals surface area contributed by atoms with Crippen molar-refractivity contribution in [2.75, 3.05) is 0 Å². The fourth-order valence-electron chi connectivity index (χ4n) is 3.36. The molecule has 0 aromatic heterocycles. The first-order valence-corrected chi connectivity index (χ1v) is 10.9. The standard InChI is InChI=1S/C23H14F3NO5S/c24-23(25,26)32-15-12-10-14(11-13-15)19-20(27-33(30,31)16-6-2-1-3-7-16)22(29)18-9-5-4-8-17(18)21(19)28/h1-13,27H. The summed E-state index contributed by atoms with van der Waals surface area (Å²) in [5.41, 5.74) is -0.670. The van der Waals surface area contributed by atoms with Crippen LogP contribution in [0.15, 0.2) is 89.5 Å². The van der Waals surface area contributed by atoms with Crippen LogP contribution in [0.5, 0.6) is 5.75 Å². The second kappa shape index (κ2) is 8.21. The Morgan fingerprint density at radius 1 is 0.727 bits per heavy atom. The predicted molar refractivity (Wildman–Crippen MR) is 112 cm³/mol. The zero-order chi connectivity index (χ0) is 23.8. The number of carbonyl (C=O) groups excluding carboxylic acids is 2. The van der Waals surface area contributed by atoms with Crippen LogP contribution in [-0.2, 0) is 10.0 Å². The summed E-state index contributed by atoms with van der Waals surface area (Å²) in [6.45, 7) is 0. The van der Waals surface area contributed by atoms with Crippen molar-refractivity contribution >= 4 is 27.2 Å². The zero-order valence-corrected chi connectivity index (χ0v) is 17.4. The third-order valence-electron chi connectivity index (χ3n) is 4.79. The number of nitrogens with one attached hydrogen (secondary N) is 1. The van der Waals surface area contributed by atoms with Crippen molar-refractivity contribution in [3.63, 3.8) is 0 Å². The lowest BCUT2D eigenvalue weighted by molar-refractivity contribution is -0.274. The Morgan fingerprint density at radius 3 is 1.85 bits per heavy atom. The van der Waals surface area contributed by atoms with E-state index >= 15 is 0 Å². The molecule has 1 aliphatic rings. The van der Waals surface area contributed by atoms with E-state index in [4.69, 9.17) is 0 Å². The molecule has 0 aliphatic heterocycles. The number of benzene rings is 3. The number of carbonyl (C=O) groups is 2. The lowest BCUT2D eigenvalue weighted by atomic mass is 9.84. The van der Waals surface area contributed by atoms with Crippen LogP contribution in [0.2, 0.25) is 0 Å². The van der Waals surface area contributed by atoms with Crippen LogP contribution in [0.3, 0.4) is 0 Å². The lowest BCUT2D eigenvalue weighted by Gasteiger charge is -2.22. The molecule has 3 aromatic rings. The molecule has 168 valence electrons. The molecule has 0 saturated carbocycles. The van der Waals surface area contributed by atoms with E-state index in [2.05, 4.69) is 9.46 Å². The van der Waals surface area contributed by atoms with Gasteiger partial charge in [0.05, 0.1) is 10.5 Å². The number of halogens is 3. The normalized spacial score (nSPS) is 14.2. The number of Topliss-reactive ketones (excluding diaryl/α,β-unsaturated/α-hetero) is 2. The summed E-state index contributed by atoms with van der Waals surface area (Å²) >= 11 is 0. The average molecular weight is 473 g/mol. The van der Waals surface area contributed by atoms with E-state index in [1.807, 2.05) is 0 Å². The van der Waals surface area contributed by atoms with Crippen LogP contribution < -0.4 is 9.46 Å². The van der Waals surface area contributed by atoms with Crippen molar-refractivity contribution in [3.05, 3.63) is 101 Å². The van der Waals surface area contributed by atoms with Crippen molar-refractivity contribution in [2.45, 2.75) is 11.3 Å². The van der Waals surface area contributed by atoms with Crippen molar-refractivity contribution in [2.24, 2.45) is 0 Å². The van der Waals surface area contributed by atoms with Crippen molar-refractivity contribution < 1.29 is 35.9 Å². The molecule has 0 fully saturated rings. The van der Waals surface area contributed by atoms with Gasteiger partial charge in [-0.2, -0.15) is 0 Å². The van der Waals surface area contributed by atoms with Gasteiger partial charge in [0.2, 0.25) is 5.78 Å². The first kappa shape index (κ1) is 22.3. The molecular weight excluding hydrogens is 459 g/mol. The van der Waals surface area contributed by atoms with Crippen LogP contribution in [0.25, 0.3) is 5.57 Å². The highest BCUT2D eigenvalue weighted by Gasteiger charge is 2.35. The Hall–Kier alpha value is -3.92. The minimum Gasteiger partial charge on any atom is -0.406 e. The third-order valence-corrected chi connectivity index (χ3v) is 6.15. The highest BCUT2D eigenvalue weighted by atomic mass is 32.2. The molecule has 0 bridgehead atoms. The summed E-state index contributed by atoms with van der Waals surface area (Å²) in [4.78, 5) is 26.3. The first-order chi connectivity index (χ1) is 15.6. The molecule has 0 amide bonds. The summed E-state index contributed by atoms with van der Waals surface area (Å²) < 4.78 is 69.3. The van der Waals surface area contributed by atoms with E-state index in [0.717, 1.165) is 24.3 Å². The predicted octanol–water partition coefficient (Wildman–Crippen LogP) is 4.35. The van der Waals surface area contributed by atoms with Gasteiger partial charge < -0.3 is 4.74 Å². The van der Waals surface area contributed by atoms with Crippen molar-refractivity contribution in [1.29, 1.82) is 0 Å². The maximum atomic E-state index is 13.3. The van der Waals surface area contributed by atoms with Gasteiger partial charge >= 0.3 is 6.36 Å². The smallest absolute Gasteiger partial charge is 0.406 e. The summed E-state index contributed by atoms with van der Waals surface area (Å²) in [7, 11) is -4.25. The SMILES string of the molecule is O=C1C(NS(=O)(=O)c2ccccc2)=C(c2ccc(OC(F)(F)F)cc2)C(=O)c2ccccc21. The molecular formula is C23H14F3NO5S. The summed E-state index contributed by atoms with van der Waals surface area (Å²) in [5, 5.41) is 0. The zero-order valence-electron chi connectivity index (χ0n) is 16.6. The second-order valence-corrected chi connectivity index (χ2v) is 8.63. The quantitative estimate of drug-likeness (QED) is 0.595. The van der Waals surface area contributed by atoms with E-state index in [0.29, 0.717) is 0 Å². The van der Waals surface area contributed by atoms with Gasteiger partial charge in [0, 0.05) is 11.1 Å². The number of fused-ring (bicyclic) bond motifs is 1. The molecule has 1 N–H and O–H groups in total. The van der Waals surface area contributed by atoms with E-state index in [1.165, 1.54) is 42.5 Å². The van der Waals surface area contributed by atoms with Gasteiger partial charge in [-0.05, 0) is 29.8 Å². The molecule has 6 nitrogen and oxygen atoms in total. The molecule has 0 radical (unpaired) electrons. The van der Waals surface area contributed by atoms with Crippen LogP contribution >= 0.6 is 0 Å². The highest BCUT2D eigenvalue weighted by molar-refractivity contribution is 7.89. The van der Waals surface area contributed by atoms with Gasteiger partial charge in [-0.15, -0.1) is 13.2 Å². The third kappa shape index (κ3) is 4.51. The number of rotatable bonds is 5. The number of sulfonamides is 1. The maximum absolute atomic E-state index is 13.3. The number of alkyl halides is 3. The molecule has 10 heteroatoms. The molecule has 4 rings (SSSR count). The highest BCUT2D eigenvalue weighted by Crippen LogP contribution is 2.33. The lowest BCUT2D eigenvalue weighted by Crippen LogP contribution is -2.33.